The van der Waals surface area contributed by atoms with Crippen LogP contribution in [0.2, 0.25) is 0 Å². The van der Waals surface area contributed by atoms with Crippen LogP contribution in [0.25, 0.3) is 0 Å². The molecule has 4 heterocycles. The second kappa shape index (κ2) is 8.62. The van der Waals surface area contributed by atoms with Crippen LogP contribution in [0.1, 0.15) is 42.1 Å². The SMILES string of the molecule is CC1(C)Cc2c(c(N3CCOCC3)nc(S(=O)CCc3ccccc3)c2C2CN2)CO1. The molecule has 2 saturated heterocycles. The summed E-state index contributed by atoms with van der Waals surface area (Å²) in [6.07, 6.45) is 1.60. The molecule has 5 rings (SSSR count). The third kappa shape index (κ3) is 4.55. The summed E-state index contributed by atoms with van der Waals surface area (Å²) in [5.74, 6) is 1.53. The number of aryl methyl sites for hydroxylation is 1. The Morgan fingerprint density at radius 3 is 2.65 bits per heavy atom. The first-order chi connectivity index (χ1) is 15.0. The number of pyridine rings is 1. The highest BCUT2D eigenvalue weighted by Gasteiger charge is 2.39. The molecule has 0 saturated carbocycles. The molecule has 31 heavy (non-hydrogen) atoms. The summed E-state index contributed by atoms with van der Waals surface area (Å²) >= 11 is 0. The zero-order chi connectivity index (χ0) is 21.4. The van der Waals surface area contributed by atoms with Crippen molar-refractivity contribution in [2.24, 2.45) is 0 Å². The molecule has 1 aromatic heterocycles. The van der Waals surface area contributed by atoms with Crippen LogP contribution in [-0.2, 0) is 39.7 Å². The lowest BCUT2D eigenvalue weighted by Gasteiger charge is -2.37. The zero-order valence-corrected chi connectivity index (χ0v) is 19.2. The largest absolute Gasteiger partial charge is 0.378 e. The Kier molecular flexibility index (Phi) is 5.86. The number of morpholine rings is 1. The van der Waals surface area contributed by atoms with Gasteiger partial charge in [-0.15, -0.1) is 0 Å². The Morgan fingerprint density at radius 2 is 1.94 bits per heavy atom. The second-order valence-electron chi connectivity index (χ2n) is 9.18. The summed E-state index contributed by atoms with van der Waals surface area (Å²) in [5.41, 5.74) is 4.61. The fourth-order valence-electron chi connectivity index (χ4n) is 4.53. The van der Waals surface area contributed by atoms with Crippen LogP contribution in [0, 0.1) is 0 Å². The van der Waals surface area contributed by atoms with Crippen molar-refractivity contribution in [1.82, 2.24) is 10.3 Å². The number of hydrogen-bond acceptors (Lipinski definition) is 6. The molecule has 0 amide bonds. The van der Waals surface area contributed by atoms with Crippen molar-refractivity contribution in [3.8, 4) is 0 Å². The highest BCUT2D eigenvalue weighted by molar-refractivity contribution is 7.85. The summed E-state index contributed by atoms with van der Waals surface area (Å²) in [5, 5.41) is 4.21. The molecule has 0 radical (unpaired) electrons. The molecule has 0 spiro atoms. The zero-order valence-electron chi connectivity index (χ0n) is 18.4. The molecule has 7 heteroatoms. The number of nitrogens with one attached hydrogen (secondary N) is 1. The predicted molar refractivity (Wildman–Crippen MR) is 122 cm³/mol. The molecule has 3 aliphatic rings. The van der Waals surface area contributed by atoms with Gasteiger partial charge in [0.15, 0.2) is 0 Å². The first-order valence-corrected chi connectivity index (χ1v) is 12.5. The smallest absolute Gasteiger partial charge is 0.136 e. The van der Waals surface area contributed by atoms with Gasteiger partial charge in [-0.1, -0.05) is 30.3 Å². The predicted octanol–water partition coefficient (Wildman–Crippen LogP) is 2.76. The fourth-order valence-corrected chi connectivity index (χ4v) is 5.85. The van der Waals surface area contributed by atoms with E-state index in [0.29, 0.717) is 25.6 Å². The number of fused-ring (bicyclic) bond motifs is 1. The lowest BCUT2D eigenvalue weighted by molar-refractivity contribution is -0.0404. The van der Waals surface area contributed by atoms with Crippen LogP contribution in [0.4, 0.5) is 5.82 Å². The first-order valence-electron chi connectivity index (χ1n) is 11.2. The molecule has 166 valence electrons. The molecular weight excluding hydrogens is 410 g/mol. The van der Waals surface area contributed by atoms with Gasteiger partial charge in [-0.2, -0.15) is 0 Å². The van der Waals surface area contributed by atoms with E-state index in [2.05, 4.69) is 36.2 Å². The van der Waals surface area contributed by atoms with Crippen molar-refractivity contribution in [2.45, 2.75) is 50.0 Å². The van der Waals surface area contributed by atoms with E-state index in [4.69, 9.17) is 14.5 Å². The van der Waals surface area contributed by atoms with E-state index in [-0.39, 0.29) is 11.6 Å². The first kappa shape index (κ1) is 21.1. The van der Waals surface area contributed by atoms with E-state index in [1.807, 2.05) is 18.2 Å². The van der Waals surface area contributed by atoms with Gasteiger partial charge in [-0.3, -0.25) is 4.21 Å². The molecule has 2 fully saturated rings. The number of nitrogens with zero attached hydrogens (tertiary/aromatic N) is 2. The van der Waals surface area contributed by atoms with E-state index in [0.717, 1.165) is 48.9 Å². The van der Waals surface area contributed by atoms with Crippen molar-refractivity contribution < 1.29 is 13.7 Å². The Bertz CT molecular complexity index is 970. The second-order valence-corrected chi connectivity index (χ2v) is 10.7. The lowest BCUT2D eigenvalue weighted by atomic mass is 9.88. The number of aromatic nitrogens is 1. The third-order valence-corrected chi connectivity index (χ3v) is 7.63. The summed E-state index contributed by atoms with van der Waals surface area (Å²) in [6, 6.07) is 10.5. The fraction of sp³-hybridized carbons (Fsp3) is 0.542. The summed E-state index contributed by atoms with van der Waals surface area (Å²) in [4.78, 5) is 7.36. The summed E-state index contributed by atoms with van der Waals surface area (Å²) in [6.45, 7) is 8.76. The van der Waals surface area contributed by atoms with Gasteiger partial charge >= 0.3 is 0 Å². The molecule has 2 aromatic rings. The van der Waals surface area contributed by atoms with E-state index >= 15 is 0 Å². The summed E-state index contributed by atoms with van der Waals surface area (Å²) in [7, 11) is -1.16. The van der Waals surface area contributed by atoms with Gasteiger partial charge in [0.05, 0.1) is 36.2 Å². The Morgan fingerprint density at radius 1 is 1.19 bits per heavy atom. The topological polar surface area (TPSA) is 73.6 Å². The molecule has 0 bridgehead atoms. The number of anilines is 1. The average Bonchev–Trinajstić information content (AvgIpc) is 3.62. The average molecular weight is 442 g/mol. The maximum Gasteiger partial charge on any atom is 0.136 e. The Balaban J connectivity index is 1.55. The normalized spacial score (nSPS) is 23.3. The van der Waals surface area contributed by atoms with Crippen LogP contribution in [0.3, 0.4) is 0 Å². The van der Waals surface area contributed by atoms with Gasteiger partial charge in [0.1, 0.15) is 10.8 Å². The van der Waals surface area contributed by atoms with Gasteiger partial charge in [0.2, 0.25) is 0 Å². The maximum atomic E-state index is 13.6. The minimum Gasteiger partial charge on any atom is -0.378 e. The van der Waals surface area contributed by atoms with Crippen molar-refractivity contribution in [2.75, 3.05) is 43.5 Å². The quantitative estimate of drug-likeness (QED) is 0.695. The van der Waals surface area contributed by atoms with E-state index in [1.54, 1.807) is 0 Å². The van der Waals surface area contributed by atoms with Crippen LogP contribution < -0.4 is 10.2 Å². The van der Waals surface area contributed by atoms with Crippen LogP contribution in [-0.4, -0.2) is 53.4 Å². The molecule has 2 atom stereocenters. The third-order valence-electron chi connectivity index (χ3n) is 6.31. The van der Waals surface area contributed by atoms with E-state index in [9.17, 15) is 4.21 Å². The van der Waals surface area contributed by atoms with Gasteiger partial charge in [0.25, 0.3) is 0 Å². The standard InChI is InChI=1S/C24H31N3O3S/c1-24(2)14-18-19(16-30-24)22(27-9-11-29-12-10-27)26-23(21(18)20-15-25-20)31(28)13-8-17-6-4-3-5-7-17/h3-7,20,25H,8-16H2,1-2H3. The van der Waals surface area contributed by atoms with Gasteiger partial charge in [0, 0.05) is 49.0 Å². The number of hydrogen-bond donors (Lipinski definition) is 1. The lowest BCUT2D eigenvalue weighted by Crippen LogP contribution is -2.40. The van der Waals surface area contributed by atoms with Gasteiger partial charge < -0.3 is 19.7 Å². The van der Waals surface area contributed by atoms with Crippen LogP contribution in [0.5, 0.6) is 0 Å². The van der Waals surface area contributed by atoms with E-state index in [1.165, 1.54) is 16.7 Å². The Labute approximate surface area is 186 Å². The summed E-state index contributed by atoms with van der Waals surface area (Å²) < 4.78 is 25.4. The highest BCUT2D eigenvalue weighted by atomic mass is 32.2. The van der Waals surface area contributed by atoms with Crippen molar-refractivity contribution in [1.29, 1.82) is 0 Å². The molecule has 1 aromatic carbocycles. The van der Waals surface area contributed by atoms with Gasteiger partial charge in [-0.25, -0.2) is 4.98 Å². The number of rotatable bonds is 6. The number of benzene rings is 1. The molecule has 1 N–H and O–H groups in total. The molecule has 6 nitrogen and oxygen atoms in total. The van der Waals surface area contributed by atoms with Crippen LogP contribution in [0.15, 0.2) is 35.4 Å². The van der Waals surface area contributed by atoms with Crippen molar-refractivity contribution in [3.63, 3.8) is 0 Å². The van der Waals surface area contributed by atoms with E-state index < -0.39 is 10.8 Å². The van der Waals surface area contributed by atoms with Crippen molar-refractivity contribution in [3.05, 3.63) is 52.6 Å². The minimum absolute atomic E-state index is 0.233. The molecular formula is C24H31N3O3S. The van der Waals surface area contributed by atoms with Crippen LogP contribution >= 0.6 is 0 Å². The molecule has 0 aliphatic carbocycles. The van der Waals surface area contributed by atoms with Crippen molar-refractivity contribution >= 4 is 16.6 Å². The highest BCUT2D eigenvalue weighted by Crippen LogP contribution is 2.41. The minimum atomic E-state index is -1.16. The van der Waals surface area contributed by atoms with Gasteiger partial charge in [-0.05, 0) is 31.4 Å². The monoisotopic (exact) mass is 441 g/mol. The maximum absolute atomic E-state index is 13.6. The number of ether oxygens (including phenoxy) is 2. The Hall–Kier alpha value is -1.80. The molecule has 2 unspecified atom stereocenters. The molecule has 3 aliphatic heterocycles.